The molecule has 1 N–H and O–H groups in total. The summed E-state index contributed by atoms with van der Waals surface area (Å²) in [6, 6.07) is 12.1. The zero-order chi connectivity index (χ0) is 15.2. The highest BCUT2D eigenvalue weighted by molar-refractivity contribution is 6.02. The quantitative estimate of drug-likeness (QED) is 0.830. The Bertz CT molecular complexity index is 677. The molecule has 0 aliphatic heterocycles. The van der Waals surface area contributed by atoms with Gasteiger partial charge in [-0.2, -0.15) is 0 Å². The van der Waals surface area contributed by atoms with Gasteiger partial charge in [-0.3, -0.25) is 4.79 Å². The van der Waals surface area contributed by atoms with Crippen molar-refractivity contribution in [3.8, 4) is 0 Å². The van der Waals surface area contributed by atoms with Crippen molar-refractivity contribution in [2.45, 2.75) is 20.3 Å². The molecule has 2 aromatic rings. The Morgan fingerprint density at radius 1 is 1.24 bits per heavy atom. The van der Waals surface area contributed by atoms with Crippen LogP contribution in [0, 0.1) is 12.7 Å². The van der Waals surface area contributed by atoms with E-state index in [1.54, 1.807) is 18.2 Å². The number of rotatable bonds is 4. The number of hydrogen-bond donors (Lipinski definition) is 1. The average molecular weight is 283 g/mol. The van der Waals surface area contributed by atoms with E-state index in [4.69, 9.17) is 0 Å². The van der Waals surface area contributed by atoms with Crippen molar-refractivity contribution in [1.82, 2.24) is 0 Å². The van der Waals surface area contributed by atoms with Gasteiger partial charge in [0, 0.05) is 11.8 Å². The minimum Gasteiger partial charge on any atom is -0.322 e. The molecule has 21 heavy (non-hydrogen) atoms. The van der Waals surface area contributed by atoms with Gasteiger partial charge in [-0.15, -0.1) is 0 Å². The predicted molar refractivity (Wildman–Crippen MR) is 84.6 cm³/mol. The first kappa shape index (κ1) is 15.0. The highest BCUT2D eigenvalue weighted by Crippen LogP contribution is 2.21. The fraction of sp³-hybridized carbons (Fsp3) is 0.167. The van der Waals surface area contributed by atoms with Crippen LogP contribution in [-0.2, 0) is 11.2 Å². The maximum Gasteiger partial charge on any atom is 0.248 e. The van der Waals surface area contributed by atoms with Gasteiger partial charge < -0.3 is 5.32 Å². The van der Waals surface area contributed by atoms with Crippen molar-refractivity contribution < 1.29 is 9.18 Å². The van der Waals surface area contributed by atoms with E-state index in [2.05, 4.69) is 5.32 Å². The lowest BCUT2D eigenvalue weighted by Gasteiger charge is -2.11. The smallest absolute Gasteiger partial charge is 0.248 e. The van der Waals surface area contributed by atoms with E-state index in [9.17, 15) is 9.18 Å². The second-order valence-corrected chi connectivity index (χ2v) is 4.84. The fourth-order valence-corrected chi connectivity index (χ4v) is 2.15. The summed E-state index contributed by atoms with van der Waals surface area (Å²) in [4.78, 5) is 12.0. The number of carbonyl (C=O) groups is 1. The summed E-state index contributed by atoms with van der Waals surface area (Å²) in [6.07, 6.45) is 3.87. The molecular formula is C18H18FNO. The minimum atomic E-state index is -0.315. The molecule has 0 saturated heterocycles. The van der Waals surface area contributed by atoms with Crippen molar-refractivity contribution >= 4 is 17.7 Å². The molecule has 0 aliphatic rings. The van der Waals surface area contributed by atoms with Gasteiger partial charge in [-0.1, -0.05) is 37.3 Å². The first-order valence-electron chi connectivity index (χ1n) is 6.93. The van der Waals surface area contributed by atoms with E-state index in [0.717, 1.165) is 23.2 Å². The van der Waals surface area contributed by atoms with E-state index < -0.39 is 0 Å². The number of halogens is 1. The lowest BCUT2D eigenvalue weighted by atomic mass is 10.1. The van der Waals surface area contributed by atoms with Crippen LogP contribution >= 0.6 is 0 Å². The summed E-state index contributed by atoms with van der Waals surface area (Å²) in [5.41, 5.74) is 3.64. The number of anilines is 1. The van der Waals surface area contributed by atoms with Gasteiger partial charge >= 0.3 is 0 Å². The number of benzene rings is 2. The van der Waals surface area contributed by atoms with Crippen molar-refractivity contribution in [1.29, 1.82) is 0 Å². The Labute approximate surface area is 124 Å². The summed E-state index contributed by atoms with van der Waals surface area (Å²) in [5, 5.41) is 2.90. The Kier molecular flexibility index (Phi) is 4.88. The molecule has 0 unspecified atom stereocenters. The number of amides is 1. The monoisotopic (exact) mass is 283 g/mol. The van der Waals surface area contributed by atoms with Gasteiger partial charge in [-0.25, -0.2) is 4.39 Å². The zero-order valence-electron chi connectivity index (χ0n) is 12.2. The number of nitrogens with one attached hydrogen (secondary N) is 1. The molecule has 0 fully saturated rings. The van der Waals surface area contributed by atoms with Crippen molar-refractivity contribution in [3.63, 3.8) is 0 Å². The highest BCUT2D eigenvalue weighted by atomic mass is 19.1. The molecule has 0 saturated carbocycles. The molecule has 0 heterocycles. The third kappa shape index (κ3) is 4.02. The Morgan fingerprint density at radius 2 is 2.00 bits per heavy atom. The summed E-state index contributed by atoms with van der Waals surface area (Å²) in [5.74, 6) is -0.534. The highest BCUT2D eigenvalue weighted by Gasteiger charge is 2.06. The Balaban J connectivity index is 2.12. The topological polar surface area (TPSA) is 29.1 Å². The molecule has 0 radical (unpaired) electrons. The van der Waals surface area contributed by atoms with Gasteiger partial charge in [0.25, 0.3) is 0 Å². The molecular weight excluding hydrogens is 265 g/mol. The molecule has 2 nitrogen and oxygen atoms in total. The maximum atomic E-state index is 13.1. The van der Waals surface area contributed by atoms with Crippen LogP contribution in [0.5, 0.6) is 0 Å². The third-order valence-electron chi connectivity index (χ3n) is 3.26. The summed E-state index contributed by atoms with van der Waals surface area (Å²) >= 11 is 0. The van der Waals surface area contributed by atoms with E-state index in [0.29, 0.717) is 5.56 Å². The third-order valence-corrected chi connectivity index (χ3v) is 3.26. The number of hydrogen-bond acceptors (Lipinski definition) is 1. The lowest BCUT2D eigenvalue weighted by Crippen LogP contribution is -2.11. The zero-order valence-corrected chi connectivity index (χ0v) is 12.2. The van der Waals surface area contributed by atoms with Crippen molar-refractivity contribution in [2.24, 2.45) is 0 Å². The van der Waals surface area contributed by atoms with Crippen LogP contribution in [0.15, 0.2) is 48.5 Å². The molecule has 1 amide bonds. The van der Waals surface area contributed by atoms with Crippen LogP contribution in [0.3, 0.4) is 0 Å². The predicted octanol–water partition coefficient (Wildman–Crippen LogP) is 4.35. The van der Waals surface area contributed by atoms with Crippen LogP contribution in [0.1, 0.15) is 23.6 Å². The number of carbonyl (C=O) groups excluding carboxylic acids is 1. The molecule has 2 aromatic carbocycles. The molecule has 0 aromatic heterocycles. The van der Waals surface area contributed by atoms with Crippen LogP contribution < -0.4 is 5.32 Å². The molecule has 0 atom stereocenters. The molecule has 2 rings (SSSR count). The van der Waals surface area contributed by atoms with E-state index >= 15 is 0 Å². The number of para-hydroxylation sites is 1. The largest absolute Gasteiger partial charge is 0.322 e. The van der Waals surface area contributed by atoms with Gasteiger partial charge in [0.15, 0.2) is 0 Å². The number of aryl methyl sites for hydroxylation is 2. The molecule has 0 aliphatic carbocycles. The summed E-state index contributed by atoms with van der Waals surface area (Å²) in [6.45, 7) is 4.01. The molecule has 3 heteroatoms. The fourth-order valence-electron chi connectivity index (χ4n) is 2.15. The standard InChI is InChI=1S/C18H18FNO/c1-3-15-8-4-6-13(2)18(15)20-17(21)11-10-14-7-5-9-16(19)12-14/h4-12H,3H2,1-2H3,(H,20,21)/b11-10+. The van der Waals surface area contributed by atoms with Crippen molar-refractivity contribution in [2.75, 3.05) is 5.32 Å². The first-order chi connectivity index (χ1) is 10.1. The van der Waals surface area contributed by atoms with Gasteiger partial charge in [0.2, 0.25) is 5.91 Å². The van der Waals surface area contributed by atoms with E-state index in [1.165, 1.54) is 18.2 Å². The van der Waals surface area contributed by atoms with Gasteiger partial charge in [0.05, 0.1) is 0 Å². The maximum absolute atomic E-state index is 13.1. The van der Waals surface area contributed by atoms with Crippen molar-refractivity contribution in [3.05, 3.63) is 71.0 Å². The SMILES string of the molecule is CCc1cccc(C)c1NC(=O)/C=C/c1cccc(F)c1. The van der Waals surface area contributed by atoms with Crippen LogP contribution in [-0.4, -0.2) is 5.91 Å². The van der Waals surface area contributed by atoms with Gasteiger partial charge in [0.1, 0.15) is 5.82 Å². The van der Waals surface area contributed by atoms with E-state index in [-0.39, 0.29) is 11.7 Å². The Hall–Kier alpha value is -2.42. The van der Waals surface area contributed by atoms with Crippen LogP contribution in [0.25, 0.3) is 6.08 Å². The minimum absolute atomic E-state index is 0.219. The van der Waals surface area contributed by atoms with Crippen LogP contribution in [0.4, 0.5) is 10.1 Å². The molecule has 0 bridgehead atoms. The second kappa shape index (κ2) is 6.84. The Morgan fingerprint density at radius 3 is 2.71 bits per heavy atom. The van der Waals surface area contributed by atoms with Crippen LogP contribution in [0.2, 0.25) is 0 Å². The lowest BCUT2D eigenvalue weighted by molar-refractivity contribution is -0.111. The van der Waals surface area contributed by atoms with E-state index in [1.807, 2.05) is 32.0 Å². The van der Waals surface area contributed by atoms with Gasteiger partial charge in [-0.05, 0) is 48.2 Å². The second-order valence-electron chi connectivity index (χ2n) is 4.84. The molecule has 108 valence electrons. The normalized spacial score (nSPS) is 10.8. The summed E-state index contributed by atoms with van der Waals surface area (Å²) < 4.78 is 13.1. The average Bonchev–Trinajstić information content (AvgIpc) is 2.47. The first-order valence-corrected chi connectivity index (χ1v) is 6.93. The molecule has 0 spiro atoms. The summed E-state index contributed by atoms with van der Waals surface area (Å²) in [7, 11) is 0.